The molecule has 0 unspecified atom stereocenters. The second kappa shape index (κ2) is 7.21. The first kappa shape index (κ1) is 15.5. The minimum Gasteiger partial charge on any atom is -0.492 e. The third-order valence-corrected chi connectivity index (χ3v) is 4.61. The van der Waals surface area contributed by atoms with Crippen LogP contribution in [0.4, 0.5) is 5.69 Å². The summed E-state index contributed by atoms with van der Waals surface area (Å²) in [6, 6.07) is 6.57. The first-order valence-electron chi connectivity index (χ1n) is 7.79. The molecule has 0 bridgehead atoms. The molecule has 0 saturated heterocycles. The Kier molecular flexibility index (Phi) is 5.59. The Morgan fingerprint density at radius 3 is 2.50 bits per heavy atom. The third kappa shape index (κ3) is 4.05. The Bertz CT molecular complexity index is 425. The van der Waals surface area contributed by atoms with Crippen LogP contribution < -0.4 is 10.1 Å². The number of rotatable bonds is 5. The molecule has 20 heavy (non-hydrogen) atoms. The van der Waals surface area contributed by atoms with E-state index >= 15 is 0 Å². The molecule has 1 saturated carbocycles. The molecule has 1 aromatic rings. The molecule has 0 aromatic heterocycles. The summed E-state index contributed by atoms with van der Waals surface area (Å²) in [4.78, 5) is 0. The van der Waals surface area contributed by atoms with Gasteiger partial charge in [-0.2, -0.15) is 0 Å². The predicted octanol–water partition coefficient (Wildman–Crippen LogP) is 5.37. The van der Waals surface area contributed by atoms with Crippen LogP contribution in [0, 0.1) is 11.8 Å². The van der Waals surface area contributed by atoms with Crippen molar-refractivity contribution in [2.45, 2.75) is 52.5 Å². The van der Waals surface area contributed by atoms with E-state index in [9.17, 15) is 0 Å². The molecule has 1 aliphatic carbocycles. The van der Waals surface area contributed by atoms with Crippen LogP contribution in [0.5, 0.6) is 5.75 Å². The van der Waals surface area contributed by atoms with Crippen molar-refractivity contribution in [3.63, 3.8) is 0 Å². The first-order valence-corrected chi connectivity index (χ1v) is 8.16. The van der Waals surface area contributed by atoms with Gasteiger partial charge >= 0.3 is 0 Å². The molecular weight excluding hydrogens is 270 g/mol. The fraction of sp³-hybridized carbons (Fsp3) is 0.647. The Morgan fingerprint density at radius 2 is 1.95 bits per heavy atom. The average Bonchev–Trinajstić information content (AvgIpc) is 2.42. The van der Waals surface area contributed by atoms with Crippen molar-refractivity contribution in [2.24, 2.45) is 11.8 Å². The maximum Gasteiger partial charge on any atom is 0.138 e. The van der Waals surface area contributed by atoms with Crippen LogP contribution >= 0.6 is 11.6 Å². The number of hydrogen-bond acceptors (Lipinski definition) is 2. The molecule has 0 aliphatic heterocycles. The molecule has 0 atom stereocenters. The number of nitrogens with one attached hydrogen (secondary N) is 1. The molecule has 0 spiro atoms. The lowest BCUT2D eigenvalue weighted by atomic mass is 9.79. The van der Waals surface area contributed by atoms with E-state index in [4.69, 9.17) is 16.3 Å². The van der Waals surface area contributed by atoms with E-state index < -0.39 is 0 Å². The lowest BCUT2D eigenvalue weighted by Gasteiger charge is -2.32. The molecule has 2 rings (SSSR count). The Labute approximate surface area is 127 Å². The van der Waals surface area contributed by atoms with Gasteiger partial charge in [0.1, 0.15) is 5.75 Å². The summed E-state index contributed by atoms with van der Waals surface area (Å²) in [6.45, 7) is 7.29. The fourth-order valence-electron chi connectivity index (χ4n) is 3.03. The Balaban J connectivity index is 1.90. The zero-order valence-electron chi connectivity index (χ0n) is 12.8. The van der Waals surface area contributed by atoms with E-state index in [1.807, 2.05) is 19.1 Å². The van der Waals surface area contributed by atoms with Crippen molar-refractivity contribution in [3.8, 4) is 5.75 Å². The van der Waals surface area contributed by atoms with Crippen LogP contribution in [0.2, 0.25) is 5.02 Å². The van der Waals surface area contributed by atoms with Crippen molar-refractivity contribution >= 4 is 17.3 Å². The summed E-state index contributed by atoms with van der Waals surface area (Å²) in [6.07, 6.45) is 5.18. The average molecular weight is 296 g/mol. The highest BCUT2D eigenvalue weighted by Crippen LogP contribution is 2.33. The minimum absolute atomic E-state index is 0.582. The van der Waals surface area contributed by atoms with Crippen LogP contribution in [-0.2, 0) is 0 Å². The van der Waals surface area contributed by atoms with E-state index in [1.54, 1.807) is 0 Å². The molecule has 1 aromatic carbocycles. The van der Waals surface area contributed by atoms with Crippen LogP contribution in [-0.4, -0.2) is 12.6 Å². The van der Waals surface area contributed by atoms with E-state index in [0.29, 0.717) is 17.7 Å². The predicted molar refractivity (Wildman–Crippen MR) is 86.8 cm³/mol. The molecule has 3 heteroatoms. The van der Waals surface area contributed by atoms with Crippen molar-refractivity contribution < 1.29 is 4.74 Å². The van der Waals surface area contributed by atoms with E-state index in [0.717, 1.165) is 23.3 Å². The summed E-state index contributed by atoms with van der Waals surface area (Å²) in [5.41, 5.74) is 1.10. The maximum atomic E-state index is 6.23. The van der Waals surface area contributed by atoms with Gasteiger partial charge in [-0.1, -0.05) is 25.4 Å². The van der Waals surface area contributed by atoms with Gasteiger partial charge in [-0.3, -0.25) is 0 Å². The molecule has 1 N–H and O–H groups in total. The Morgan fingerprint density at radius 1 is 1.25 bits per heavy atom. The summed E-state index contributed by atoms with van der Waals surface area (Å²) in [7, 11) is 0. The van der Waals surface area contributed by atoms with Gasteiger partial charge < -0.3 is 10.1 Å². The van der Waals surface area contributed by atoms with Crippen molar-refractivity contribution in [3.05, 3.63) is 23.2 Å². The van der Waals surface area contributed by atoms with Crippen LogP contribution in [0.25, 0.3) is 0 Å². The number of benzene rings is 1. The highest BCUT2D eigenvalue weighted by Gasteiger charge is 2.23. The smallest absolute Gasteiger partial charge is 0.138 e. The second-order valence-corrected chi connectivity index (χ2v) is 6.49. The van der Waals surface area contributed by atoms with E-state index in [-0.39, 0.29) is 0 Å². The van der Waals surface area contributed by atoms with Gasteiger partial charge in [0.2, 0.25) is 0 Å². The standard InChI is InChI=1S/C17H26ClNO/c1-4-20-17-10-9-15(11-16(17)18)19-14-7-5-13(6-8-14)12(2)3/h9-14,19H,4-8H2,1-3H3. The highest BCUT2D eigenvalue weighted by atomic mass is 35.5. The van der Waals surface area contributed by atoms with Crippen LogP contribution in [0.15, 0.2) is 18.2 Å². The summed E-state index contributed by atoms with van der Waals surface area (Å²) < 4.78 is 5.46. The van der Waals surface area contributed by atoms with Crippen molar-refractivity contribution in [1.82, 2.24) is 0 Å². The molecular formula is C17H26ClNO. The number of ether oxygens (including phenoxy) is 1. The van der Waals surface area contributed by atoms with Crippen LogP contribution in [0.3, 0.4) is 0 Å². The lowest BCUT2D eigenvalue weighted by molar-refractivity contribution is 0.267. The van der Waals surface area contributed by atoms with Gasteiger partial charge in [0.15, 0.2) is 0 Å². The van der Waals surface area contributed by atoms with Crippen molar-refractivity contribution in [2.75, 3.05) is 11.9 Å². The number of halogens is 1. The molecule has 2 nitrogen and oxygen atoms in total. The SMILES string of the molecule is CCOc1ccc(NC2CCC(C(C)C)CC2)cc1Cl. The summed E-state index contributed by atoms with van der Waals surface area (Å²) in [5, 5.41) is 4.30. The topological polar surface area (TPSA) is 21.3 Å². The quantitative estimate of drug-likeness (QED) is 0.789. The van der Waals surface area contributed by atoms with Gasteiger partial charge in [-0.05, 0) is 62.6 Å². The van der Waals surface area contributed by atoms with Gasteiger partial charge in [-0.25, -0.2) is 0 Å². The van der Waals surface area contributed by atoms with Gasteiger partial charge in [0.25, 0.3) is 0 Å². The second-order valence-electron chi connectivity index (χ2n) is 6.08. The van der Waals surface area contributed by atoms with Crippen LogP contribution in [0.1, 0.15) is 46.5 Å². The maximum absolute atomic E-state index is 6.23. The largest absolute Gasteiger partial charge is 0.492 e. The first-order chi connectivity index (χ1) is 9.60. The lowest BCUT2D eigenvalue weighted by Crippen LogP contribution is -2.27. The molecule has 0 amide bonds. The minimum atomic E-state index is 0.582. The molecule has 0 heterocycles. The molecule has 1 fully saturated rings. The number of anilines is 1. The normalized spacial score (nSPS) is 22.9. The van der Waals surface area contributed by atoms with E-state index in [2.05, 4.69) is 25.2 Å². The zero-order valence-corrected chi connectivity index (χ0v) is 13.5. The zero-order chi connectivity index (χ0) is 14.5. The fourth-order valence-corrected chi connectivity index (χ4v) is 3.26. The van der Waals surface area contributed by atoms with Gasteiger partial charge in [0, 0.05) is 11.7 Å². The highest BCUT2D eigenvalue weighted by molar-refractivity contribution is 6.32. The number of hydrogen-bond donors (Lipinski definition) is 1. The molecule has 0 radical (unpaired) electrons. The molecule has 1 aliphatic rings. The summed E-state index contributed by atoms with van der Waals surface area (Å²) in [5.74, 6) is 2.48. The monoisotopic (exact) mass is 295 g/mol. The van der Waals surface area contributed by atoms with Gasteiger partial charge in [0.05, 0.1) is 11.6 Å². The third-order valence-electron chi connectivity index (χ3n) is 4.32. The van der Waals surface area contributed by atoms with Crippen molar-refractivity contribution in [1.29, 1.82) is 0 Å². The summed E-state index contributed by atoms with van der Waals surface area (Å²) >= 11 is 6.23. The Hall–Kier alpha value is -0.890. The van der Waals surface area contributed by atoms with E-state index in [1.165, 1.54) is 25.7 Å². The van der Waals surface area contributed by atoms with Gasteiger partial charge in [-0.15, -0.1) is 0 Å². The molecule has 112 valence electrons.